The van der Waals surface area contributed by atoms with Gasteiger partial charge in [-0.1, -0.05) is 36.4 Å². The van der Waals surface area contributed by atoms with Crippen molar-refractivity contribution in [2.24, 2.45) is 0 Å². The number of rotatable bonds is 2. The van der Waals surface area contributed by atoms with Crippen LogP contribution in [0.4, 0.5) is 0 Å². The molecule has 0 fully saturated rings. The SMILES string of the molecule is ClCc1ccnc(-c2ccc3ccccc3c2)n1. The molecule has 3 heteroatoms. The van der Waals surface area contributed by atoms with E-state index in [0.717, 1.165) is 17.1 Å². The molecule has 0 aliphatic rings. The van der Waals surface area contributed by atoms with Gasteiger partial charge in [0.25, 0.3) is 0 Å². The zero-order chi connectivity index (χ0) is 12.4. The Morgan fingerprint density at radius 1 is 0.944 bits per heavy atom. The van der Waals surface area contributed by atoms with Gasteiger partial charge in [-0.05, 0) is 22.9 Å². The number of benzene rings is 2. The molecule has 0 unspecified atom stereocenters. The molecule has 0 aliphatic carbocycles. The fourth-order valence-corrected chi connectivity index (χ4v) is 2.09. The third-order valence-electron chi connectivity index (χ3n) is 2.86. The maximum Gasteiger partial charge on any atom is 0.159 e. The second kappa shape index (κ2) is 4.75. The van der Waals surface area contributed by atoms with Crippen LogP contribution >= 0.6 is 11.6 Å². The minimum Gasteiger partial charge on any atom is -0.237 e. The highest BCUT2D eigenvalue weighted by atomic mass is 35.5. The predicted octanol–water partition coefficient (Wildman–Crippen LogP) is 4.04. The Labute approximate surface area is 110 Å². The summed E-state index contributed by atoms with van der Waals surface area (Å²) in [4.78, 5) is 8.72. The first-order chi connectivity index (χ1) is 8.86. The van der Waals surface area contributed by atoms with E-state index in [9.17, 15) is 0 Å². The van der Waals surface area contributed by atoms with E-state index in [1.165, 1.54) is 10.8 Å². The largest absolute Gasteiger partial charge is 0.237 e. The second-order valence-electron chi connectivity index (χ2n) is 4.07. The lowest BCUT2D eigenvalue weighted by Gasteiger charge is -2.03. The lowest BCUT2D eigenvalue weighted by molar-refractivity contribution is 1.09. The van der Waals surface area contributed by atoms with E-state index >= 15 is 0 Å². The van der Waals surface area contributed by atoms with Gasteiger partial charge in [0.15, 0.2) is 5.82 Å². The van der Waals surface area contributed by atoms with Gasteiger partial charge < -0.3 is 0 Å². The Morgan fingerprint density at radius 3 is 2.61 bits per heavy atom. The molecule has 0 bridgehead atoms. The summed E-state index contributed by atoms with van der Waals surface area (Å²) in [5, 5.41) is 2.41. The third-order valence-corrected chi connectivity index (χ3v) is 3.13. The molecule has 0 saturated carbocycles. The molecular formula is C15H11ClN2. The summed E-state index contributed by atoms with van der Waals surface area (Å²) in [6, 6.07) is 16.3. The molecule has 18 heavy (non-hydrogen) atoms. The monoisotopic (exact) mass is 254 g/mol. The van der Waals surface area contributed by atoms with Crippen molar-refractivity contribution in [3.63, 3.8) is 0 Å². The highest BCUT2D eigenvalue weighted by molar-refractivity contribution is 6.16. The smallest absolute Gasteiger partial charge is 0.159 e. The second-order valence-corrected chi connectivity index (χ2v) is 4.33. The molecule has 0 aliphatic heterocycles. The molecule has 88 valence electrons. The fraction of sp³-hybridized carbons (Fsp3) is 0.0667. The van der Waals surface area contributed by atoms with Gasteiger partial charge in [0, 0.05) is 11.8 Å². The van der Waals surface area contributed by atoms with Gasteiger partial charge in [-0.25, -0.2) is 9.97 Å². The highest BCUT2D eigenvalue weighted by Crippen LogP contribution is 2.21. The van der Waals surface area contributed by atoms with Crippen LogP contribution in [0.2, 0.25) is 0 Å². The van der Waals surface area contributed by atoms with Crippen LogP contribution in [0.3, 0.4) is 0 Å². The summed E-state index contributed by atoms with van der Waals surface area (Å²) < 4.78 is 0. The number of fused-ring (bicyclic) bond motifs is 1. The third kappa shape index (κ3) is 2.07. The predicted molar refractivity (Wildman–Crippen MR) is 74.5 cm³/mol. The van der Waals surface area contributed by atoms with Crippen LogP contribution in [0.5, 0.6) is 0 Å². The van der Waals surface area contributed by atoms with E-state index in [0.29, 0.717) is 5.88 Å². The Bertz CT molecular complexity index is 695. The standard InChI is InChI=1S/C15H11ClN2/c16-10-14-7-8-17-15(18-14)13-6-5-11-3-1-2-4-12(11)9-13/h1-9H,10H2. The van der Waals surface area contributed by atoms with E-state index in [4.69, 9.17) is 11.6 Å². The molecule has 0 radical (unpaired) electrons. The van der Waals surface area contributed by atoms with Gasteiger partial charge in [-0.2, -0.15) is 0 Å². The van der Waals surface area contributed by atoms with Crippen molar-refractivity contribution in [3.8, 4) is 11.4 Å². The van der Waals surface area contributed by atoms with Crippen molar-refractivity contribution in [1.82, 2.24) is 9.97 Å². The van der Waals surface area contributed by atoms with Crippen LogP contribution in [-0.4, -0.2) is 9.97 Å². The molecule has 3 aromatic rings. The summed E-state index contributed by atoms with van der Waals surface area (Å²) in [5.41, 5.74) is 1.86. The van der Waals surface area contributed by atoms with Gasteiger partial charge in [0.1, 0.15) is 0 Å². The molecule has 1 aromatic heterocycles. The maximum atomic E-state index is 5.79. The topological polar surface area (TPSA) is 25.8 Å². The molecule has 0 N–H and O–H groups in total. The van der Waals surface area contributed by atoms with E-state index < -0.39 is 0 Å². The van der Waals surface area contributed by atoms with Gasteiger partial charge in [0.2, 0.25) is 0 Å². The van der Waals surface area contributed by atoms with E-state index in [1.54, 1.807) is 6.20 Å². The zero-order valence-corrected chi connectivity index (χ0v) is 10.4. The molecule has 0 amide bonds. The molecule has 2 aromatic carbocycles. The quantitative estimate of drug-likeness (QED) is 0.645. The van der Waals surface area contributed by atoms with Crippen molar-refractivity contribution in [2.75, 3.05) is 0 Å². The lowest BCUT2D eigenvalue weighted by atomic mass is 10.1. The van der Waals surface area contributed by atoms with E-state index in [2.05, 4.69) is 34.2 Å². The minimum atomic E-state index is 0.406. The van der Waals surface area contributed by atoms with Gasteiger partial charge in [-0.15, -0.1) is 11.6 Å². The Balaban J connectivity index is 2.13. The maximum absolute atomic E-state index is 5.79. The number of alkyl halides is 1. The van der Waals surface area contributed by atoms with Crippen molar-refractivity contribution in [3.05, 3.63) is 60.4 Å². The van der Waals surface area contributed by atoms with Crippen molar-refractivity contribution < 1.29 is 0 Å². The van der Waals surface area contributed by atoms with Crippen LogP contribution in [0.1, 0.15) is 5.69 Å². The number of nitrogens with zero attached hydrogens (tertiary/aromatic N) is 2. The highest BCUT2D eigenvalue weighted by Gasteiger charge is 2.03. The molecular weight excluding hydrogens is 244 g/mol. The first kappa shape index (κ1) is 11.2. The molecule has 0 saturated heterocycles. The number of halogens is 1. The fourth-order valence-electron chi connectivity index (χ4n) is 1.94. The number of aromatic nitrogens is 2. The van der Waals surface area contributed by atoms with Crippen molar-refractivity contribution in [1.29, 1.82) is 0 Å². The number of hydrogen-bond donors (Lipinski definition) is 0. The normalized spacial score (nSPS) is 10.7. The zero-order valence-electron chi connectivity index (χ0n) is 9.68. The lowest BCUT2D eigenvalue weighted by Crippen LogP contribution is -1.92. The Morgan fingerprint density at radius 2 is 1.78 bits per heavy atom. The molecule has 1 heterocycles. The average Bonchev–Trinajstić information content (AvgIpc) is 2.47. The summed E-state index contributed by atoms with van der Waals surface area (Å²) in [6.45, 7) is 0. The van der Waals surface area contributed by atoms with Crippen LogP contribution in [-0.2, 0) is 5.88 Å². The van der Waals surface area contributed by atoms with Crippen molar-refractivity contribution in [2.45, 2.75) is 5.88 Å². The van der Waals surface area contributed by atoms with Crippen LogP contribution in [0.25, 0.3) is 22.2 Å². The molecule has 0 atom stereocenters. The van der Waals surface area contributed by atoms with Crippen LogP contribution < -0.4 is 0 Å². The molecule has 0 spiro atoms. The average molecular weight is 255 g/mol. The van der Waals surface area contributed by atoms with Gasteiger partial charge >= 0.3 is 0 Å². The Hall–Kier alpha value is -1.93. The van der Waals surface area contributed by atoms with Crippen LogP contribution in [0, 0.1) is 0 Å². The minimum absolute atomic E-state index is 0.406. The summed E-state index contributed by atoms with van der Waals surface area (Å²) in [5.74, 6) is 1.13. The summed E-state index contributed by atoms with van der Waals surface area (Å²) in [6.07, 6.45) is 1.75. The number of hydrogen-bond acceptors (Lipinski definition) is 2. The first-order valence-electron chi connectivity index (χ1n) is 5.74. The van der Waals surface area contributed by atoms with Gasteiger partial charge in [-0.3, -0.25) is 0 Å². The molecule has 3 rings (SSSR count). The van der Waals surface area contributed by atoms with Crippen molar-refractivity contribution >= 4 is 22.4 Å². The summed E-state index contributed by atoms with van der Waals surface area (Å²) in [7, 11) is 0. The van der Waals surface area contributed by atoms with Crippen LogP contribution in [0.15, 0.2) is 54.7 Å². The first-order valence-corrected chi connectivity index (χ1v) is 6.27. The van der Waals surface area contributed by atoms with E-state index in [1.807, 2.05) is 24.3 Å². The molecule has 2 nitrogen and oxygen atoms in total. The Kier molecular flexibility index (Phi) is 2.95. The van der Waals surface area contributed by atoms with E-state index in [-0.39, 0.29) is 0 Å². The van der Waals surface area contributed by atoms with Gasteiger partial charge in [0.05, 0.1) is 11.6 Å². The summed E-state index contributed by atoms with van der Waals surface area (Å²) >= 11 is 5.79.